The molecule has 3 unspecified atom stereocenters. The molecule has 0 aliphatic carbocycles. The minimum atomic E-state index is -0.389. The van der Waals surface area contributed by atoms with E-state index in [-0.39, 0.29) is 23.9 Å². The molecule has 19 heavy (non-hydrogen) atoms. The van der Waals surface area contributed by atoms with E-state index >= 15 is 0 Å². The van der Waals surface area contributed by atoms with Crippen LogP contribution in [0.2, 0.25) is 0 Å². The maximum absolute atomic E-state index is 12.0. The number of hydrogen-bond acceptors (Lipinski definition) is 4. The molecule has 1 aliphatic rings. The Morgan fingerprint density at radius 1 is 1.26 bits per heavy atom. The van der Waals surface area contributed by atoms with Crippen LogP contribution < -0.4 is 11.1 Å². The highest BCUT2D eigenvalue weighted by Gasteiger charge is 2.22. The summed E-state index contributed by atoms with van der Waals surface area (Å²) in [4.78, 5) is 16.7. The molecule has 1 heterocycles. The van der Waals surface area contributed by atoms with Crippen LogP contribution in [0.1, 0.15) is 27.2 Å². The monoisotopic (exact) mass is 270 g/mol. The first-order valence-electron chi connectivity index (χ1n) is 7.40. The first kappa shape index (κ1) is 16.4. The van der Waals surface area contributed by atoms with Gasteiger partial charge in [-0.1, -0.05) is 20.3 Å². The van der Waals surface area contributed by atoms with Crippen LogP contribution in [-0.2, 0) is 4.79 Å². The first-order valence-corrected chi connectivity index (χ1v) is 7.40. The zero-order valence-corrected chi connectivity index (χ0v) is 12.9. The van der Waals surface area contributed by atoms with Gasteiger partial charge in [-0.2, -0.15) is 0 Å². The first-order chi connectivity index (χ1) is 8.93. The van der Waals surface area contributed by atoms with Gasteiger partial charge in [-0.3, -0.25) is 9.69 Å². The Bertz CT molecular complexity index is 277. The molecule has 0 aromatic rings. The van der Waals surface area contributed by atoms with Crippen molar-refractivity contribution in [1.29, 1.82) is 0 Å². The summed E-state index contributed by atoms with van der Waals surface area (Å²) in [5.41, 5.74) is 5.94. The second kappa shape index (κ2) is 7.82. The molecule has 3 N–H and O–H groups in total. The lowest BCUT2D eigenvalue weighted by Crippen LogP contribution is -2.53. The second-order valence-electron chi connectivity index (χ2n) is 5.92. The van der Waals surface area contributed by atoms with Crippen LogP contribution >= 0.6 is 0 Å². The summed E-state index contributed by atoms with van der Waals surface area (Å²) in [6.07, 6.45) is 0.932. The smallest absolute Gasteiger partial charge is 0.237 e. The summed E-state index contributed by atoms with van der Waals surface area (Å²) >= 11 is 0. The highest BCUT2D eigenvalue weighted by atomic mass is 16.2. The lowest BCUT2D eigenvalue weighted by atomic mass is 9.99. The van der Waals surface area contributed by atoms with E-state index in [1.54, 1.807) is 0 Å². The molecule has 5 heteroatoms. The van der Waals surface area contributed by atoms with Crippen molar-refractivity contribution in [2.75, 3.05) is 39.8 Å². The number of piperazine rings is 1. The Morgan fingerprint density at radius 2 is 1.84 bits per heavy atom. The number of carbonyl (C=O) groups excluding carboxylic acids is 1. The van der Waals surface area contributed by atoms with Gasteiger partial charge in [0.15, 0.2) is 0 Å². The molecule has 0 aromatic carbocycles. The van der Waals surface area contributed by atoms with Gasteiger partial charge < -0.3 is 16.0 Å². The molecule has 0 aromatic heterocycles. The Labute approximate surface area is 117 Å². The number of likely N-dealkylation sites (N-methyl/N-ethyl adjacent to an activating group) is 1. The Hall–Kier alpha value is -0.650. The Kier molecular flexibility index (Phi) is 6.75. The third-order valence-electron chi connectivity index (χ3n) is 4.08. The van der Waals surface area contributed by atoms with Crippen LogP contribution in [0.3, 0.4) is 0 Å². The van der Waals surface area contributed by atoms with Crippen molar-refractivity contribution in [3.8, 4) is 0 Å². The van der Waals surface area contributed by atoms with Crippen molar-refractivity contribution in [3.05, 3.63) is 0 Å². The van der Waals surface area contributed by atoms with Crippen molar-refractivity contribution in [3.63, 3.8) is 0 Å². The molecular formula is C14H30N4O. The molecule has 0 bridgehead atoms. The van der Waals surface area contributed by atoms with E-state index in [1.807, 2.05) is 6.92 Å². The largest absolute Gasteiger partial charge is 0.351 e. The van der Waals surface area contributed by atoms with Crippen LogP contribution in [0.4, 0.5) is 0 Å². The molecule has 1 fully saturated rings. The lowest BCUT2D eigenvalue weighted by Gasteiger charge is -2.34. The lowest BCUT2D eigenvalue weighted by molar-refractivity contribution is -0.124. The van der Waals surface area contributed by atoms with Gasteiger partial charge in [0, 0.05) is 38.8 Å². The summed E-state index contributed by atoms with van der Waals surface area (Å²) in [5.74, 6) is 0.215. The Morgan fingerprint density at radius 3 is 2.37 bits per heavy atom. The second-order valence-corrected chi connectivity index (χ2v) is 5.92. The zero-order valence-electron chi connectivity index (χ0n) is 12.9. The van der Waals surface area contributed by atoms with E-state index in [9.17, 15) is 4.79 Å². The zero-order chi connectivity index (χ0) is 14.4. The third-order valence-corrected chi connectivity index (χ3v) is 4.08. The summed E-state index contributed by atoms with van der Waals surface area (Å²) in [6, 6.07) is -0.231. The average molecular weight is 270 g/mol. The molecule has 1 saturated heterocycles. The number of amides is 1. The quantitative estimate of drug-likeness (QED) is 0.719. The summed E-state index contributed by atoms with van der Waals surface area (Å²) in [7, 11) is 2.15. The number of rotatable bonds is 6. The maximum atomic E-state index is 12.0. The molecule has 0 spiro atoms. The maximum Gasteiger partial charge on any atom is 0.237 e. The van der Waals surface area contributed by atoms with Crippen molar-refractivity contribution >= 4 is 5.91 Å². The number of carbonyl (C=O) groups is 1. The van der Waals surface area contributed by atoms with Crippen LogP contribution in [0.5, 0.6) is 0 Å². The molecule has 5 nitrogen and oxygen atoms in total. The topological polar surface area (TPSA) is 61.6 Å². The molecule has 3 atom stereocenters. The van der Waals surface area contributed by atoms with Crippen molar-refractivity contribution in [1.82, 2.24) is 15.1 Å². The minimum absolute atomic E-state index is 0.0176. The van der Waals surface area contributed by atoms with E-state index in [0.29, 0.717) is 0 Å². The highest BCUT2D eigenvalue weighted by Crippen LogP contribution is 2.06. The van der Waals surface area contributed by atoms with Crippen molar-refractivity contribution < 1.29 is 4.79 Å². The predicted octanol–water partition coefficient (Wildman–Crippen LogP) is 0.112. The van der Waals surface area contributed by atoms with Crippen LogP contribution in [0.25, 0.3) is 0 Å². The summed E-state index contributed by atoms with van der Waals surface area (Å²) < 4.78 is 0. The van der Waals surface area contributed by atoms with E-state index in [0.717, 1.165) is 39.1 Å². The number of nitrogens with zero attached hydrogens (tertiary/aromatic N) is 2. The molecule has 112 valence electrons. The molecule has 1 rings (SSSR count). The normalized spacial score (nSPS) is 22.8. The van der Waals surface area contributed by atoms with E-state index < -0.39 is 0 Å². The summed E-state index contributed by atoms with van der Waals surface area (Å²) in [6.45, 7) is 11.4. The average Bonchev–Trinajstić information content (AvgIpc) is 2.39. The van der Waals surface area contributed by atoms with Crippen LogP contribution in [0.15, 0.2) is 0 Å². The highest BCUT2D eigenvalue weighted by molar-refractivity contribution is 5.82. The van der Waals surface area contributed by atoms with Gasteiger partial charge >= 0.3 is 0 Å². The number of nitrogens with two attached hydrogens (primary N) is 1. The predicted molar refractivity (Wildman–Crippen MR) is 79.0 cm³/mol. The van der Waals surface area contributed by atoms with Gasteiger partial charge in [0.2, 0.25) is 5.91 Å². The summed E-state index contributed by atoms with van der Waals surface area (Å²) in [5, 5.41) is 3.03. The van der Waals surface area contributed by atoms with Gasteiger partial charge in [0.1, 0.15) is 0 Å². The van der Waals surface area contributed by atoms with Gasteiger partial charge in [0.05, 0.1) is 6.04 Å². The molecule has 0 radical (unpaired) electrons. The molecule has 0 saturated carbocycles. The van der Waals surface area contributed by atoms with Gasteiger partial charge in [0.25, 0.3) is 0 Å². The Balaban J connectivity index is 2.30. The fourth-order valence-corrected chi connectivity index (χ4v) is 2.31. The van der Waals surface area contributed by atoms with E-state index in [2.05, 4.69) is 36.0 Å². The van der Waals surface area contributed by atoms with E-state index in [4.69, 9.17) is 5.73 Å². The molecular weight excluding hydrogens is 240 g/mol. The molecule has 1 amide bonds. The third kappa shape index (κ3) is 5.47. The molecule has 1 aliphatic heterocycles. The van der Waals surface area contributed by atoms with Gasteiger partial charge in [-0.25, -0.2) is 0 Å². The number of nitrogens with one attached hydrogen (secondary N) is 1. The van der Waals surface area contributed by atoms with Gasteiger partial charge in [-0.15, -0.1) is 0 Å². The van der Waals surface area contributed by atoms with Crippen LogP contribution in [0, 0.1) is 5.92 Å². The van der Waals surface area contributed by atoms with Crippen LogP contribution in [-0.4, -0.2) is 67.6 Å². The van der Waals surface area contributed by atoms with Crippen molar-refractivity contribution in [2.45, 2.75) is 39.3 Å². The number of hydrogen-bond donors (Lipinski definition) is 2. The SMILES string of the molecule is CCC(C)C(N)C(=O)NC(C)CN1CCN(C)CC1. The fraction of sp³-hybridized carbons (Fsp3) is 0.929. The van der Waals surface area contributed by atoms with E-state index in [1.165, 1.54) is 0 Å². The van der Waals surface area contributed by atoms with Crippen molar-refractivity contribution in [2.24, 2.45) is 11.7 Å². The fourth-order valence-electron chi connectivity index (χ4n) is 2.31. The van der Waals surface area contributed by atoms with Gasteiger partial charge in [-0.05, 0) is 19.9 Å². The minimum Gasteiger partial charge on any atom is -0.351 e. The standard InChI is InChI=1S/C14H30N4O/c1-5-11(2)13(15)14(19)16-12(3)10-18-8-6-17(4)7-9-18/h11-13H,5-10,15H2,1-4H3,(H,16,19).